The quantitative estimate of drug-likeness (QED) is 0.671. The van der Waals surface area contributed by atoms with Gasteiger partial charge in [-0.15, -0.1) is 0 Å². The van der Waals surface area contributed by atoms with Crippen LogP contribution in [0.5, 0.6) is 0 Å². The van der Waals surface area contributed by atoms with Crippen molar-refractivity contribution in [2.75, 3.05) is 26.7 Å². The lowest BCUT2D eigenvalue weighted by Gasteiger charge is -2.29. The summed E-state index contributed by atoms with van der Waals surface area (Å²) in [5.74, 6) is 0.742. The van der Waals surface area contributed by atoms with Gasteiger partial charge in [0.05, 0.1) is 6.10 Å². The summed E-state index contributed by atoms with van der Waals surface area (Å²) in [4.78, 5) is 2.34. The van der Waals surface area contributed by atoms with Crippen molar-refractivity contribution < 1.29 is 4.74 Å². The Kier molecular flexibility index (Phi) is 8.02. The molecule has 0 aliphatic rings. The molecule has 0 amide bonds. The van der Waals surface area contributed by atoms with E-state index in [2.05, 4.69) is 32.7 Å². The van der Waals surface area contributed by atoms with Crippen LogP contribution in [0.25, 0.3) is 0 Å². The Balaban J connectivity index is 3.91. The summed E-state index contributed by atoms with van der Waals surface area (Å²) in [6.45, 7) is 11.1. The summed E-state index contributed by atoms with van der Waals surface area (Å²) in [7, 11) is 2.15. The monoisotopic (exact) mass is 216 g/mol. The molecule has 0 saturated heterocycles. The minimum absolute atomic E-state index is 0.176. The minimum Gasteiger partial charge on any atom is -0.376 e. The van der Waals surface area contributed by atoms with Gasteiger partial charge in [-0.2, -0.15) is 0 Å². The summed E-state index contributed by atoms with van der Waals surface area (Å²) in [6.07, 6.45) is 1.40. The highest BCUT2D eigenvalue weighted by molar-refractivity contribution is 4.70. The van der Waals surface area contributed by atoms with E-state index in [4.69, 9.17) is 10.5 Å². The Labute approximate surface area is 95.0 Å². The van der Waals surface area contributed by atoms with E-state index in [1.807, 2.05) is 6.92 Å². The fourth-order valence-electron chi connectivity index (χ4n) is 1.79. The molecule has 0 rings (SSSR count). The zero-order chi connectivity index (χ0) is 11.8. The standard InChI is InChI=1S/C12H28N2O/c1-6-15-12(8-13)9-14(5)11(4)7-10(2)3/h10-12H,6-9,13H2,1-5H3. The summed E-state index contributed by atoms with van der Waals surface area (Å²) in [5, 5.41) is 0. The lowest BCUT2D eigenvalue weighted by Crippen LogP contribution is -2.40. The van der Waals surface area contributed by atoms with Crippen LogP contribution in [0.15, 0.2) is 0 Å². The van der Waals surface area contributed by atoms with Crippen LogP contribution in [0.1, 0.15) is 34.1 Å². The van der Waals surface area contributed by atoms with Crippen molar-refractivity contribution in [1.82, 2.24) is 4.90 Å². The summed E-state index contributed by atoms with van der Waals surface area (Å²) >= 11 is 0. The number of rotatable bonds is 8. The SMILES string of the molecule is CCOC(CN)CN(C)C(C)CC(C)C. The van der Waals surface area contributed by atoms with Crippen molar-refractivity contribution >= 4 is 0 Å². The third-order valence-corrected chi connectivity index (χ3v) is 2.72. The van der Waals surface area contributed by atoms with Crippen LogP contribution < -0.4 is 5.73 Å². The molecule has 0 aliphatic carbocycles. The summed E-state index contributed by atoms with van der Waals surface area (Å²) in [5.41, 5.74) is 5.66. The van der Waals surface area contributed by atoms with Crippen LogP contribution in [0, 0.1) is 5.92 Å². The molecule has 0 aliphatic heterocycles. The first-order valence-corrected chi connectivity index (χ1v) is 6.03. The molecular formula is C12H28N2O. The molecule has 2 atom stereocenters. The fraction of sp³-hybridized carbons (Fsp3) is 1.00. The Morgan fingerprint density at radius 2 is 1.87 bits per heavy atom. The predicted octanol–water partition coefficient (Wildman–Crippen LogP) is 1.72. The largest absolute Gasteiger partial charge is 0.376 e. The summed E-state index contributed by atoms with van der Waals surface area (Å²) < 4.78 is 5.55. The van der Waals surface area contributed by atoms with Crippen molar-refractivity contribution in [1.29, 1.82) is 0 Å². The van der Waals surface area contributed by atoms with E-state index in [9.17, 15) is 0 Å². The number of nitrogens with zero attached hydrogens (tertiary/aromatic N) is 1. The van der Waals surface area contributed by atoms with Gasteiger partial charge in [-0.25, -0.2) is 0 Å². The van der Waals surface area contributed by atoms with E-state index in [1.54, 1.807) is 0 Å². The molecule has 0 saturated carbocycles. The topological polar surface area (TPSA) is 38.5 Å². The first-order chi connectivity index (χ1) is 7.01. The van der Waals surface area contributed by atoms with E-state index in [-0.39, 0.29) is 6.10 Å². The van der Waals surface area contributed by atoms with Crippen LogP contribution in [0.4, 0.5) is 0 Å². The maximum Gasteiger partial charge on any atom is 0.0823 e. The number of hydrogen-bond acceptors (Lipinski definition) is 3. The Hall–Kier alpha value is -0.120. The predicted molar refractivity (Wildman–Crippen MR) is 66.0 cm³/mol. The van der Waals surface area contributed by atoms with Gasteiger partial charge in [-0.3, -0.25) is 0 Å². The molecule has 2 unspecified atom stereocenters. The maximum atomic E-state index is 5.66. The number of ether oxygens (including phenoxy) is 1. The van der Waals surface area contributed by atoms with Crippen LogP contribution in [0.3, 0.4) is 0 Å². The molecule has 0 bridgehead atoms. The molecule has 0 spiro atoms. The summed E-state index contributed by atoms with van der Waals surface area (Å²) in [6, 6.07) is 0.597. The van der Waals surface area contributed by atoms with Gasteiger partial charge in [0.15, 0.2) is 0 Å². The highest BCUT2D eigenvalue weighted by Crippen LogP contribution is 2.10. The second-order valence-corrected chi connectivity index (χ2v) is 4.73. The van der Waals surface area contributed by atoms with Crippen LogP contribution in [-0.2, 0) is 4.74 Å². The molecular weight excluding hydrogens is 188 g/mol. The lowest BCUT2D eigenvalue weighted by molar-refractivity contribution is 0.0351. The van der Waals surface area contributed by atoms with Gasteiger partial charge in [-0.05, 0) is 33.2 Å². The third-order valence-electron chi connectivity index (χ3n) is 2.72. The highest BCUT2D eigenvalue weighted by Gasteiger charge is 2.15. The van der Waals surface area contributed by atoms with Gasteiger partial charge in [-0.1, -0.05) is 13.8 Å². The molecule has 0 fully saturated rings. The highest BCUT2D eigenvalue weighted by atomic mass is 16.5. The van der Waals surface area contributed by atoms with Crippen molar-refractivity contribution in [3.05, 3.63) is 0 Å². The van der Waals surface area contributed by atoms with Gasteiger partial charge in [0.25, 0.3) is 0 Å². The van der Waals surface area contributed by atoms with Gasteiger partial charge >= 0.3 is 0 Å². The van der Waals surface area contributed by atoms with Crippen molar-refractivity contribution in [2.45, 2.75) is 46.3 Å². The average molecular weight is 216 g/mol. The number of hydrogen-bond donors (Lipinski definition) is 1. The fourth-order valence-corrected chi connectivity index (χ4v) is 1.79. The van der Waals surface area contributed by atoms with E-state index in [0.29, 0.717) is 12.6 Å². The first-order valence-electron chi connectivity index (χ1n) is 6.03. The second kappa shape index (κ2) is 8.08. The van der Waals surface area contributed by atoms with Crippen LogP contribution >= 0.6 is 0 Å². The molecule has 92 valence electrons. The molecule has 15 heavy (non-hydrogen) atoms. The van der Waals surface area contributed by atoms with Gasteiger partial charge in [0.2, 0.25) is 0 Å². The van der Waals surface area contributed by atoms with Crippen LogP contribution in [-0.4, -0.2) is 43.8 Å². The second-order valence-electron chi connectivity index (χ2n) is 4.73. The zero-order valence-electron chi connectivity index (χ0n) is 11.0. The maximum absolute atomic E-state index is 5.66. The van der Waals surface area contributed by atoms with Gasteiger partial charge in [0, 0.05) is 25.7 Å². The van der Waals surface area contributed by atoms with Gasteiger partial charge < -0.3 is 15.4 Å². The van der Waals surface area contributed by atoms with E-state index in [1.165, 1.54) is 6.42 Å². The molecule has 3 nitrogen and oxygen atoms in total. The van der Waals surface area contributed by atoms with Gasteiger partial charge in [0.1, 0.15) is 0 Å². The Bertz CT molecular complexity index is 151. The number of likely N-dealkylation sites (N-methyl/N-ethyl adjacent to an activating group) is 1. The minimum atomic E-state index is 0.176. The van der Waals surface area contributed by atoms with E-state index < -0.39 is 0 Å². The number of nitrogens with two attached hydrogens (primary N) is 1. The molecule has 0 aromatic carbocycles. The molecule has 0 aromatic rings. The molecule has 0 aromatic heterocycles. The molecule has 0 radical (unpaired) electrons. The van der Waals surface area contributed by atoms with Crippen molar-refractivity contribution in [3.63, 3.8) is 0 Å². The Morgan fingerprint density at radius 3 is 2.27 bits per heavy atom. The van der Waals surface area contributed by atoms with E-state index in [0.717, 1.165) is 19.1 Å². The molecule has 0 heterocycles. The third kappa shape index (κ3) is 6.88. The molecule has 2 N–H and O–H groups in total. The smallest absolute Gasteiger partial charge is 0.0823 e. The zero-order valence-corrected chi connectivity index (χ0v) is 11.0. The first kappa shape index (κ1) is 14.9. The Morgan fingerprint density at radius 1 is 1.27 bits per heavy atom. The van der Waals surface area contributed by atoms with E-state index >= 15 is 0 Å². The normalized spacial score (nSPS) is 16.0. The average Bonchev–Trinajstić information content (AvgIpc) is 2.15. The lowest BCUT2D eigenvalue weighted by atomic mass is 10.0. The molecule has 3 heteroatoms. The van der Waals surface area contributed by atoms with Crippen molar-refractivity contribution in [2.24, 2.45) is 11.7 Å². The van der Waals surface area contributed by atoms with Crippen molar-refractivity contribution in [3.8, 4) is 0 Å². The van der Waals surface area contributed by atoms with Crippen LogP contribution in [0.2, 0.25) is 0 Å².